The molecule has 0 radical (unpaired) electrons. The molecule has 0 heterocycles. The average molecular weight is 240 g/mol. The highest BCUT2D eigenvalue weighted by Gasteiger charge is 2.15. The molecule has 0 aromatic rings. The minimum Gasteiger partial charge on any atom is -0.481 e. The zero-order valence-corrected chi connectivity index (χ0v) is 11.3. The molecular weight excluding hydrogens is 212 g/mol. The Morgan fingerprint density at radius 2 is 1.71 bits per heavy atom. The molecule has 100 valence electrons. The molecule has 0 aliphatic heterocycles. The Morgan fingerprint density at radius 3 is 2.24 bits per heavy atom. The molecule has 0 aliphatic rings. The second kappa shape index (κ2) is 11.7. The van der Waals surface area contributed by atoms with Crippen molar-refractivity contribution in [2.24, 2.45) is 5.92 Å². The van der Waals surface area contributed by atoms with Gasteiger partial charge >= 0.3 is 5.97 Å². The van der Waals surface area contributed by atoms with Crippen molar-refractivity contribution in [1.82, 2.24) is 0 Å². The van der Waals surface area contributed by atoms with Crippen LogP contribution in [0.25, 0.3) is 0 Å². The highest BCUT2D eigenvalue weighted by molar-refractivity contribution is 5.69. The third-order valence-electron chi connectivity index (χ3n) is 3.22. The van der Waals surface area contributed by atoms with E-state index in [9.17, 15) is 4.79 Å². The molecule has 0 aromatic carbocycles. The Kier molecular flexibility index (Phi) is 11.1. The minimum atomic E-state index is -0.612. The first-order chi connectivity index (χ1) is 8.22. The van der Waals surface area contributed by atoms with Gasteiger partial charge in [0.15, 0.2) is 0 Å². The van der Waals surface area contributed by atoms with E-state index in [4.69, 9.17) is 5.11 Å². The summed E-state index contributed by atoms with van der Waals surface area (Å²) in [5, 5.41) is 9.11. The highest BCUT2D eigenvalue weighted by atomic mass is 16.4. The molecule has 2 nitrogen and oxygen atoms in total. The van der Waals surface area contributed by atoms with Crippen molar-refractivity contribution in [2.75, 3.05) is 0 Å². The molecule has 17 heavy (non-hydrogen) atoms. The minimum absolute atomic E-state index is 0.124. The molecule has 0 rings (SSSR count). The van der Waals surface area contributed by atoms with Crippen LogP contribution in [0.4, 0.5) is 0 Å². The van der Waals surface area contributed by atoms with Gasteiger partial charge in [-0.05, 0) is 25.7 Å². The fourth-order valence-electron chi connectivity index (χ4n) is 2.06. The number of unbranched alkanes of at least 4 members (excludes halogenated alkanes) is 6. The van der Waals surface area contributed by atoms with Crippen molar-refractivity contribution < 1.29 is 9.90 Å². The van der Waals surface area contributed by atoms with Crippen molar-refractivity contribution in [1.29, 1.82) is 0 Å². The van der Waals surface area contributed by atoms with Crippen molar-refractivity contribution in [2.45, 2.75) is 71.1 Å². The maximum atomic E-state index is 11.1. The van der Waals surface area contributed by atoms with Crippen LogP contribution in [-0.2, 0) is 4.79 Å². The summed E-state index contributed by atoms with van der Waals surface area (Å²) in [6.45, 7) is 5.87. The number of carbonyl (C=O) groups is 1. The molecular formula is C15H28O2. The van der Waals surface area contributed by atoms with E-state index in [2.05, 4.69) is 13.5 Å². The molecule has 0 fully saturated rings. The van der Waals surface area contributed by atoms with E-state index in [1.807, 2.05) is 6.08 Å². The number of rotatable bonds is 12. The average Bonchev–Trinajstić information content (AvgIpc) is 2.31. The summed E-state index contributed by atoms with van der Waals surface area (Å²) in [6.07, 6.45) is 12.7. The van der Waals surface area contributed by atoms with Gasteiger partial charge in [-0.2, -0.15) is 0 Å². The molecule has 1 N–H and O–H groups in total. The molecule has 0 spiro atoms. The van der Waals surface area contributed by atoms with E-state index in [0.29, 0.717) is 0 Å². The quantitative estimate of drug-likeness (QED) is 0.393. The summed E-state index contributed by atoms with van der Waals surface area (Å²) in [7, 11) is 0. The maximum absolute atomic E-state index is 11.1. The fourth-order valence-corrected chi connectivity index (χ4v) is 2.06. The molecule has 2 heteroatoms. The van der Waals surface area contributed by atoms with Gasteiger partial charge in [0.25, 0.3) is 0 Å². The molecule has 0 aliphatic carbocycles. The van der Waals surface area contributed by atoms with E-state index in [1.165, 1.54) is 25.7 Å². The second-order valence-corrected chi connectivity index (χ2v) is 4.81. The largest absolute Gasteiger partial charge is 0.481 e. The second-order valence-electron chi connectivity index (χ2n) is 4.81. The summed E-state index contributed by atoms with van der Waals surface area (Å²) < 4.78 is 0. The van der Waals surface area contributed by atoms with Gasteiger partial charge < -0.3 is 5.11 Å². The van der Waals surface area contributed by atoms with E-state index in [1.54, 1.807) is 0 Å². The first-order valence-corrected chi connectivity index (χ1v) is 7.06. The standard InChI is InChI=1S/C15H28O2/c1-3-5-7-9-11-13-14(15(16)17)12-10-8-6-4-2/h4,14H,2-3,5-13H2,1H3,(H,16,17). The Bertz CT molecular complexity index is 199. The highest BCUT2D eigenvalue weighted by Crippen LogP contribution is 2.18. The summed E-state index contributed by atoms with van der Waals surface area (Å²) in [5.74, 6) is -0.736. The van der Waals surface area contributed by atoms with E-state index < -0.39 is 5.97 Å². The number of carboxylic acid groups (broad SMARTS) is 1. The first kappa shape index (κ1) is 16.2. The van der Waals surface area contributed by atoms with E-state index >= 15 is 0 Å². The van der Waals surface area contributed by atoms with Gasteiger partial charge in [0, 0.05) is 0 Å². The van der Waals surface area contributed by atoms with Gasteiger partial charge in [-0.3, -0.25) is 4.79 Å². The van der Waals surface area contributed by atoms with Crippen molar-refractivity contribution in [3.63, 3.8) is 0 Å². The normalized spacial score (nSPS) is 12.3. The van der Waals surface area contributed by atoms with Crippen LogP contribution < -0.4 is 0 Å². The topological polar surface area (TPSA) is 37.3 Å². The lowest BCUT2D eigenvalue weighted by atomic mass is 9.95. The first-order valence-electron chi connectivity index (χ1n) is 7.06. The van der Waals surface area contributed by atoms with Gasteiger partial charge in [0.05, 0.1) is 5.92 Å². The van der Waals surface area contributed by atoms with Crippen LogP contribution >= 0.6 is 0 Å². The predicted octanol–water partition coefficient (Wildman–Crippen LogP) is 4.79. The lowest BCUT2D eigenvalue weighted by Gasteiger charge is -2.11. The molecule has 0 saturated carbocycles. The van der Waals surface area contributed by atoms with Gasteiger partial charge in [-0.1, -0.05) is 51.5 Å². The zero-order chi connectivity index (χ0) is 12.9. The molecule has 0 saturated heterocycles. The summed E-state index contributed by atoms with van der Waals surface area (Å²) in [4.78, 5) is 11.1. The Hall–Kier alpha value is -0.790. The maximum Gasteiger partial charge on any atom is 0.306 e. The predicted molar refractivity (Wildman–Crippen MR) is 73.2 cm³/mol. The van der Waals surface area contributed by atoms with Crippen molar-refractivity contribution in [3.8, 4) is 0 Å². The van der Waals surface area contributed by atoms with E-state index in [-0.39, 0.29) is 5.92 Å². The van der Waals surface area contributed by atoms with Gasteiger partial charge in [-0.15, -0.1) is 6.58 Å². The zero-order valence-electron chi connectivity index (χ0n) is 11.3. The molecule has 0 aromatic heterocycles. The van der Waals surface area contributed by atoms with Crippen LogP contribution in [0, 0.1) is 5.92 Å². The monoisotopic (exact) mass is 240 g/mol. The van der Waals surface area contributed by atoms with Gasteiger partial charge in [0.2, 0.25) is 0 Å². The number of allylic oxidation sites excluding steroid dienone is 1. The van der Waals surface area contributed by atoms with E-state index in [0.717, 1.165) is 38.5 Å². The molecule has 1 atom stereocenters. The molecule has 0 amide bonds. The van der Waals surface area contributed by atoms with Gasteiger partial charge in [-0.25, -0.2) is 0 Å². The van der Waals surface area contributed by atoms with Crippen molar-refractivity contribution in [3.05, 3.63) is 12.7 Å². The third-order valence-corrected chi connectivity index (χ3v) is 3.22. The SMILES string of the molecule is C=CCCCCC(CCCCCCC)C(=O)O. The Labute approximate surface area is 106 Å². The van der Waals surface area contributed by atoms with Crippen LogP contribution in [0.15, 0.2) is 12.7 Å². The smallest absolute Gasteiger partial charge is 0.306 e. The van der Waals surface area contributed by atoms with Gasteiger partial charge in [0.1, 0.15) is 0 Å². The van der Waals surface area contributed by atoms with Crippen LogP contribution in [0.5, 0.6) is 0 Å². The Balaban J connectivity index is 3.60. The number of hydrogen-bond donors (Lipinski definition) is 1. The van der Waals surface area contributed by atoms with Crippen LogP contribution in [0.3, 0.4) is 0 Å². The van der Waals surface area contributed by atoms with Crippen LogP contribution in [0.2, 0.25) is 0 Å². The summed E-state index contributed by atoms with van der Waals surface area (Å²) >= 11 is 0. The molecule has 1 unspecified atom stereocenters. The third kappa shape index (κ3) is 10.1. The lowest BCUT2D eigenvalue weighted by molar-refractivity contribution is -0.142. The summed E-state index contributed by atoms with van der Waals surface area (Å²) in [6, 6.07) is 0. The summed E-state index contributed by atoms with van der Waals surface area (Å²) in [5.41, 5.74) is 0. The number of aliphatic carboxylic acids is 1. The van der Waals surface area contributed by atoms with Crippen molar-refractivity contribution >= 4 is 5.97 Å². The van der Waals surface area contributed by atoms with Crippen LogP contribution in [-0.4, -0.2) is 11.1 Å². The fraction of sp³-hybridized carbons (Fsp3) is 0.800. The Morgan fingerprint density at radius 1 is 1.12 bits per heavy atom. The molecule has 0 bridgehead atoms. The number of hydrogen-bond acceptors (Lipinski definition) is 1. The van der Waals surface area contributed by atoms with Crippen LogP contribution in [0.1, 0.15) is 71.1 Å². The lowest BCUT2D eigenvalue weighted by Crippen LogP contribution is -2.13. The number of carboxylic acids is 1.